The van der Waals surface area contributed by atoms with Crippen LogP contribution in [0.3, 0.4) is 0 Å². The lowest BCUT2D eigenvalue weighted by molar-refractivity contribution is -0.132. The van der Waals surface area contributed by atoms with Gasteiger partial charge in [0.2, 0.25) is 11.8 Å². The van der Waals surface area contributed by atoms with Crippen LogP contribution in [0.1, 0.15) is 40.0 Å². The maximum atomic E-state index is 12.5. The van der Waals surface area contributed by atoms with Crippen LogP contribution in [0.15, 0.2) is 24.3 Å². The first-order chi connectivity index (χ1) is 14.5. The number of nitrogens with one attached hydrogen (secondary N) is 1. The number of benzene rings is 1. The van der Waals surface area contributed by atoms with Crippen molar-refractivity contribution in [3.63, 3.8) is 0 Å². The Balaban J connectivity index is 1.38. The molecule has 162 valence electrons. The van der Waals surface area contributed by atoms with Gasteiger partial charge in [-0.05, 0) is 25.0 Å². The number of rotatable bonds is 9. The van der Waals surface area contributed by atoms with Gasteiger partial charge < -0.3 is 19.7 Å². The van der Waals surface area contributed by atoms with Crippen molar-refractivity contribution in [3.05, 3.63) is 35.4 Å². The topological polar surface area (TPSA) is 105 Å². The van der Waals surface area contributed by atoms with E-state index in [4.69, 9.17) is 9.47 Å². The zero-order valence-electron chi connectivity index (χ0n) is 17.1. The molecule has 2 aliphatic rings. The van der Waals surface area contributed by atoms with Gasteiger partial charge >= 0.3 is 0 Å². The third-order valence-electron chi connectivity index (χ3n) is 5.31. The zero-order chi connectivity index (χ0) is 21.5. The van der Waals surface area contributed by atoms with Gasteiger partial charge in [-0.25, -0.2) is 0 Å². The molecule has 9 heteroatoms. The van der Waals surface area contributed by atoms with Crippen molar-refractivity contribution < 1.29 is 28.7 Å². The third kappa shape index (κ3) is 5.22. The number of piperidine rings is 1. The highest BCUT2D eigenvalue weighted by Gasteiger charge is 2.35. The number of carbonyl (C=O) groups is 4. The van der Waals surface area contributed by atoms with Crippen LogP contribution in [0, 0.1) is 0 Å². The normalized spacial score (nSPS) is 16.7. The summed E-state index contributed by atoms with van der Waals surface area (Å²) in [7, 11) is 1.57. The maximum Gasteiger partial charge on any atom is 0.261 e. The summed E-state index contributed by atoms with van der Waals surface area (Å²) in [6.07, 6.45) is 1.40. The van der Waals surface area contributed by atoms with Crippen LogP contribution in [-0.4, -0.2) is 86.0 Å². The van der Waals surface area contributed by atoms with Crippen LogP contribution in [-0.2, 0) is 19.1 Å². The van der Waals surface area contributed by atoms with Crippen molar-refractivity contribution in [1.29, 1.82) is 0 Å². The Morgan fingerprint density at radius 1 is 1.07 bits per heavy atom. The summed E-state index contributed by atoms with van der Waals surface area (Å²) >= 11 is 0. The number of imide groups is 1. The van der Waals surface area contributed by atoms with E-state index in [1.807, 2.05) is 0 Å². The molecule has 1 N–H and O–H groups in total. The minimum atomic E-state index is -0.350. The molecule has 0 bridgehead atoms. The van der Waals surface area contributed by atoms with Crippen molar-refractivity contribution in [1.82, 2.24) is 15.1 Å². The second kappa shape index (κ2) is 10.3. The lowest BCUT2D eigenvalue weighted by Gasteiger charge is -2.32. The van der Waals surface area contributed by atoms with Crippen LogP contribution < -0.4 is 5.32 Å². The molecular formula is C21H27N3O6. The molecule has 0 atom stereocenters. The second-order valence-electron chi connectivity index (χ2n) is 7.33. The summed E-state index contributed by atoms with van der Waals surface area (Å²) in [6.45, 7) is 1.91. The third-order valence-corrected chi connectivity index (χ3v) is 5.31. The number of ether oxygens (including phenoxy) is 2. The molecule has 0 aliphatic carbocycles. The summed E-state index contributed by atoms with van der Waals surface area (Å²) in [5, 5.41) is 2.91. The number of likely N-dealkylation sites (tertiary alicyclic amines) is 1. The quantitative estimate of drug-likeness (QED) is 0.462. The highest BCUT2D eigenvalue weighted by molar-refractivity contribution is 6.21. The molecule has 1 saturated heterocycles. The van der Waals surface area contributed by atoms with E-state index in [0.717, 1.165) is 4.90 Å². The molecule has 1 aromatic carbocycles. The van der Waals surface area contributed by atoms with E-state index in [1.54, 1.807) is 36.3 Å². The Morgan fingerprint density at radius 3 is 2.30 bits per heavy atom. The zero-order valence-corrected chi connectivity index (χ0v) is 17.1. The SMILES string of the molecule is COCCOCC(=O)NC1CCN(C(=O)CCN2C(=O)c3ccccc3C2=O)CC1. The fourth-order valence-electron chi connectivity index (χ4n) is 3.66. The van der Waals surface area contributed by atoms with E-state index in [1.165, 1.54) is 0 Å². The molecule has 2 heterocycles. The van der Waals surface area contributed by atoms with Gasteiger partial charge in [0.1, 0.15) is 6.61 Å². The van der Waals surface area contributed by atoms with Crippen LogP contribution >= 0.6 is 0 Å². The fraction of sp³-hybridized carbons (Fsp3) is 0.524. The highest BCUT2D eigenvalue weighted by atomic mass is 16.5. The molecule has 9 nitrogen and oxygen atoms in total. The van der Waals surface area contributed by atoms with Crippen molar-refractivity contribution in [2.24, 2.45) is 0 Å². The number of hydrogen-bond donors (Lipinski definition) is 1. The Hall–Kier alpha value is -2.78. The summed E-state index contributed by atoms with van der Waals surface area (Å²) in [5.74, 6) is -0.976. The molecule has 1 aromatic rings. The molecule has 0 saturated carbocycles. The number of methoxy groups -OCH3 is 1. The van der Waals surface area contributed by atoms with Crippen LogP contribution in [0.5, 0.6) is 0 Å². The standard InChI is InChI=1S/C21H27N3O6/c1-29-12-13-30-14-18(25)22-15-6-9-23(10-7-15)19(26)8-11-24-20(27)16-4-2-3-5-17(16)21(24)28/h2-5,15H,6-14H2,1H3,(H,22,25). The molecule has 4 amide bonds. The highest BCUT2D eigenvalue weighted by Crippen LogP contribution is 2.22. The number of amides is 4. The van der Waals surface area contributed by atoms with E-state index in [-0.39, 0.29) is 49.2 Å². The summed E-state index contributed by atoms with van der Waals surface area (Å²) in [5.41, 5.74) is 0.774. The van der Waals surface area contributed by atoms with Crippen molar-refractivity contribution in [2.45, 2.75) is 25.3 Å². The van der Waals surface area contributed by atoms with Gasteiger partial charge in [0.15, 0.2) is 0 Å². The van der Waals surface area contributed by atoms with Gasteiger partial charge in [-0.2, -0.15) is 0 Å². The molecule has 30 heavy (non-hydrogen) atoms. The Labute approximate surface area is 175 Å². The van der Waals surface area contributed by atoms with E-state index >= 15 is 0 Å². The van der Waals surface area contributed by atoms with Gasteiger partial charge in [-0.1, -0.05) is 12.1 Å². The maximum absolute atomic E-state index is 12.5. The minimum Gasteiger partial charge on any atom is -0.382 e. The molecule has 1 fully saturated rings. The molecule has 0 unspecified atom stereocenters. The van der Waals surface area contributed by atoms with Crippen LogP contribution in [0.2, 0.25) is 0 Å². The van der Waals surface area contributed by atoms with E-state index < -0.39 is 0 Å². The number of fused-ring (bicyclic) bond motifs is 1. The summed E-state index contributed by atoms with van der Waals surface area (Å²) in [4.78, 5) is 52.0. The Bertz CT molecular complexity index is 769. The predicted octanol–water partition coefficient (Wildman–Crippen LogP) is 0.443. The van der Waals surface area contributed by atoms with Crippen LogP contribution in [0.4, 0.5) is 0 Å². The first-order valence-electron chi connectivity index (χ1n) is 10.1. The number of carbonyl (C=O) groups excluding carboxylic acids is 4. The average molecular weight is 417 g/mol. The molecule has 0 aromatic heterocycles. The Kier molecular flexibility index (Phi) is 7.53. The second-order valence-corrected chi connectivity index (χ2v) is 7.33. The Morgan fingerprint density at radius 2 is 1.70 bits per heavy atom. The molecule has 0 spiro atoms. The summed E-state index contributed by atoms with van der Waals surface area (Å²) < 4.78 is 10.1. The molecular weight excluding hydrogens is 390 g/mol. The van der Waals surface area contributed by atoms with Crippen molar-refractivity contribution in [2.75, 3.05) is 46.6 Å². The lowest BCUT2D eigenvalue weighted by atomic mass is 10.0. The number of hydrogen-bond acceptors (Lipinski definition) is 6. The van der Waals surface area contributed by atoms with E-state index in [2.05, 4.69) is 5.32 Å². The van der Waals surface area contributed by atoms with Crippen molar-refractivity contribution >= 4 is 23.6 Å². The molecule has 0 radical (unpaired) electrons. The monoisotopic (exact) mass is 417 g/mol. The van der Waals surface area contributed by atoms with Crippen molar-refractivity contribution in [3.8, 4) is 0 Å². The average Bonchev–Trinajstić information content (AvgIpc) is 3.00. The molecule has 3 rings (SSSR count). The molecule has 2 aliphatic heterocycles. The lowest BCUT2D eigenvalue weighted by Crippen LogP contribution is -2.48. The summed E-state index contributed by atoms with van der Waals surface area (Å²) in [6, 6.07) is 6.68. The van der Waals surface area contributed by atoms with E-state index in [9.17, 15) is 19.2 Å². The van der Waals surface area contributed by atoms with E-state index in [0.29, 0.717) is 50.3 Å². The minimum absolute atomic E-state index is 0.00353. The predicted molar refractivity (Wildman–Crippen MR) is 107 cm³/mol. The van der Waals surface area contributed by atoms with Gasteiger partial charge in [0.05, 0.1) is 24.3 Å². The van der Waals surface area contributed by atoms with Gasteiger partial charge in [0.25, 0.3) is 11.8 Å². The van der Waals surface area contributed by atoms with Gasteiger partial charge in [-0.15, -0.1) is 0 Å². The smallest absolute Gasteiger partial charge is 0.261 e. The number of nitrogens with zero attached hydrogens (tertiary/aromatic N) is 2. The van der Waals surface area contributed by atoms with Crippen LogP contribution in [0.25, 0.3) is 0 Å². The van der Waals surface area contributed by atoms with Gasteiger partial charge in [-0.3, -0.25) is 24.1 Å². The fourth-order valence-corrected chi connectivity index (χ4v) is 3.66. The first kappa shape index (κ1) is 21.9. The first-order valence-corrected chi connectivity index (χ1v) is 10.1. The van der Waals surface area contributed by atoms with Gasteiger partial charge in [0, 0.05) is 39.2 Å². The largest absolute Gasteiger partial charge is 0.382 e.